The third-order valence-electron chi connectivity index (χ3n) is 3.53. The molecule has 5 heteroatoms. The quantitative estimate of drug-likeness (QED) is 0.842. The zero-order valence-corrected chi connectivity index (χ0v) is 11.7. The van der Waals surface area contributed by atoms with Crippen LogP contribution in [-0.4, -0.2) is 35.3 Å². The van der Waals surface area contributed by atoms with Crippen molar-refractivity contribution in [2.24, 2.45) is 0 Å². The highest BCUT2D eigenvalue weighted by Crippen LogP contribution is 2.36. The van der Waals surface area contributed by atoms with Crippen molar-refractivity contribution in [1.82, 2.24) is 14.7 Å². The lowest BCUT2D eigenvalue weighted by molar-refractivity contribution is 0.372. The second kappa shape index (κ2) is 5.73. The molecule has 0 spiro atoms. The molecule has 98 valence electrons. The fraction of sp³-hybridized carbons (Fsp3) is 0.692. The Morgan fingerprint density at radius 1 is 1.44 bits per heavy atom. The Morgan fingerprint density at radius 2 is 2.11 bits per heavy atom. The van der Waals surface area contributed by atoms with Gasteiger partial charge in [-0.25, -0.2) is 0 Å². The molecule has 0 aliphatic heterocycles. The Labute approximate surface area is 113 Å². The summed E-state index contributed by atoms with van der Waals surface area (Å²) in [5.74, 6) is 0.428. The van der Waals surface area contributed by atoms with Crippen LogP contribution in [0.1, 0.15) is 42.9 Å². The average molecular weight is 267 g/mol. The molecule has 1 saturated carbocycles. The Kier molecular flexibility index (Phi) is 4.26. The number of hydrogen-bond acceptors (Lipinski definition) is 3. The Balaban J connectivity index is 2.24. The van der Waals surface area contributed by atoms with Crippen LogP contribution in [0.5, 0.6) is 0 Å². The first kappa shape index (κ1) is 13.4. The summed E-state index contributed by atoms with van der Waals surface area (Å²) in [5.41, 5.74) is 1.50. The van der Waals surface area contributed by atoms with Crippen molar-refractivity contribution in [2.75, 3.05) is 20.6 Å². The van der Waals surface area contributed by atoms with Gasteiger partial charge in [-0.15, -0.1) is 0 Å². The zero-order valence-electron chi connectivity index (χ0n) is 11.0. The summed E-state index contributed by atoms with van der Waals surface area (Å²) in [6.45, 7) is 1.60. The van der Waals surface area contributed by atoms with E-state index in [1.807, 2.05) is 14.1 Å². The Bertz CT molecular complexity index is 452. The van der Waals surface area contributed by atoms with Crippen LogP contribution >= 0.6 is 11.6 Å². The summed E-state index contributed by atoms with van der Waals surface area (Å²) < 4.78 is 1.77. The van der Waals surface area contributed by atoms with Gasteiger partial charge >= 0.3 is 0 Å². The molecule has 0 radical (unpaired) electrons. The van der Waals surface area contributed by atoms with Crippen molar-refractivity contribution < 1.29 is 0 Å². The van der Waals surface area contributed by atoms with Gasteiger partial charge in [0.25, 0.3) is 0 Å². The van der Waals surface area contributed by atoms with E-state index in [2.05, 4.69) is 16.1 Å². The van der Waals surface area contributed by atoms with Crippen LogP contribution in [0.4, 0.5) is 0 Å². The van der Waals surface area contributed by atoms with Crippen molar-refractivity contribution >= 4 is 11.6 Å². The fourth-order valence-corrected chi connectivity index (χ4v) is 2.75. The van der Waals surface area contributed by atoms with E-state index in [1.54, 1.807) is 4.68 Å². The molecular weight excluding hydrogens is 248 g/mol. The van der Waals surface area contributed by atoms with Crippen LogP contribution in [0, 0.1) is 11.3 Å². The summed E-state index contributed by atoms with van der Waals surface area (Å²) >= 11 is 6.25. The number of hydrogen-bond donors (Lipinski definition) is 0. The van der Waals surface area contributed by atoms with Crippen LogP contribution in [0.2, 0.25) is 5.15 Å². The van der Waals surface area contributed by atoms with Crippen LogP contribution in [0.15, 0.2) is 0 Å². The molecule has 18 heavy (non-hydrogen) atoms. The van der Waals surface area contributed by atoms with Crippen LogP contribution in [0.3, 0.4) is 0 Å². The van der Waals surface area contributed by atoms with Gasteiger partial charge in [-0.2, -0.15) is 10.4 Å². The highest BCUT2D eigenvalue weighted by atomic mass is 35.5. The monoisotopic (exact) mass is 266 g/mol. The van der Waals surface area contributed by atoms with E-state index in [4.69, 9.17) is 11.6 Å². The summed E-state index contributed by atoms with van der Waals surface area (Å²) in [6.07, 6.45) is 4.74. The topological polar surface area (TPSA) is 44.9 Å². The molecular formula is C13H19ClN4. The smallest absolute Gasteiger partial charge is 0.145 e. The van der Waals surface area contributed by atoms with Gasteiger partial charge in [-0.1, -0.05) is 24.4 Å². The summed E-state index contributed by atoms with van der Waals surface area (Å²) in [7, 11) is 4.03. The third-order valence-corrected chi connectivity index (χ3v) is 3.91. The summed E-state index contributed by atoms with van der Waals surface area (Å²) in [4.78, 5) is 2.08. The second-order valence-electron chi connectivity index (χ2n) is 5.17. The van der Waals surface area contributed by atoms with Crippen molar-refractivity contribution in [3.63, 3.8) is 0 Å². The van der Waals surface area contributed by atoms with Gasteiger partial charge in [0.1, 0.15) is 16.8 Å². The van der Waals surface area contributed by atoms with E-state index in [1.165, 1.54) is 12.8 Å². The molecule has 0 saturated heterocycles. The van der Waals surface area contributed by atoms with Gasteiger partial charge in [-0.05, 0) is 26.9 Å². The lowest BCUT2D eigenvalue weighted by Gasteiger charge is -2.09. The van der Waals surface area contributed by atoms with E-state index in [0.717, 1.165) is 31.6 Å². The normalized spacial score (nSPS) is 16.4. The third kappa shape index (κ3) is 2.68. The van der Waals surface area contributed by atoms with Gasteiger partial charge < -0.3 is 4.90 Å². The Morgan fingerprint density at radius 3 is 2.67 bits per heavy atom. The number of halogens is 1. The van der Waals surface area contributed by atoms with E-state index in [-0.39, 0.29) is 0 Å². The molecule has 0 bridgehead atoms. The molecule has 1 aliphatic rings. The molecule has 1 aromatic heterocycles. The second-order valence-corrected chi connectivity index (χ2v) is 5.53. The first-order valence-corrected chi connectivity index (χ1v) is 6.82. The van der Waals surface area contributed by atoms with Gasteiger partial charge in [0, 0.05) is 12.5 Å². The molecule has 0 amide bonds. The van der Waals surface area contributed by atoms with E-state index >= 15 is 0 Å². The number of likely N-dealkylation sites (N-methyl/N-ethyl adjacent to an activating group) is 1. The first-order chi connectivity index (χ1) is 8.63. The first-order valence-electron chi connectivity index (χ1n) is 6.44. The van der Waals surface area contributed by atoms with Gasteiger partial charge in [0.05, 0.1) is 12.2 Å². The zero-order chi connectivity index (χ0) is 13.1. The molecule has 1 heterocycles. The molecule has 4 nitrogen and oxygen atoms in total. The number of aromatic nitrogens is 2. The van der Waals surface area contributed by atoms with Crippen molar-refractivity contribution in [1.29, 1.82) is 5.26 Å². The van der Waals surface area contributed by atoms with E-state index in [9.17, 15) is 5.26 Å². The maximum absolute atomic E-state index is 9.25. The van der Waals surface area contributed by atoms with Crippen molar-refractivity contribution in [2.45, 2.75) is 38.1 Å². The molecule has 1 fully saturated rings. The van der Waals surface area contributed by atoms with E-state index < -0.39 is 0 Å². The number of rotatable bonds is 4. The fourth-order valence-electron chi connectivity index (χ4n) is 2.49. The van der Waals surface area contributed by atoms with Gasteiger partial charge in [0.2, 0.25) is 0 Å². The largest absolute Gasteiger partial charge is 0.308 e. The molecule has 2 rings (SSSR count). The molecule has 0 unspecified atom stereocenters. The Hall–Kier alpha value is -1.05. The highest BCUT2D eigenvalue weighted by Gasteiger charge is 2.26. The summed E-state index contributed by atoms with van der Waals surface area (Å²) in [6, 6.07) is 2.22. The maximum Gasteiger partial charge on any atom is 0.145 e. The highest BCUT2D eigenvalue weighted by molar-refractivity contribution is 6.30. The molecule has 0 atom stereocenters. The van der Waals surface area contributed by atoms with Gasteiger partial charge in [-0.3, -0.25) is 4.68 Å². The maximum atomic E-state index is 9.25. The summed E-state index contributed by atoms with van der Waals surface area (Å²) in [5, 5.41) is 14.3. The van der Waals surface area contributed by atoms with Crippen molar-refractivity contribution in [3.8, 4) is 6.07 Å². The lowest BCUT2D eigenvalue weighted by atomic mass is 10.0. The van der Waals surface area contributed by atoms with Crippen molar-refractivity contribution in [3.05, 3.63) is 16.4 Å². The molecule has 0 N–H and O–H groups in total. The average Bonchev–Trinajstić information content (AvgIpc) is 2.94. The predicted molar refractivity (Wildman–Crippen MR) is 71.7 cm³/mol. The standard InChI is InChI=1S/C13H19ClN4/c1-17(2)7-8-18-13(14)11(9-15)12(16-18)10-5-3-4-6-10/h10H,3-8H2,1-2H3. The molecule has 1 aliphatic carbocycles. The van der Waals surface area contributed by atoms with Gasteiger partial charge in [0.15, 0.2) is 0 Å². The molecule has 1 aromatic rings. The van der Waals surface area contributed by atoms with E-state index in [0.29, 0.717) is 16.6 Å². The minimum atomic E-state index is 0.428. The minimum absolute atomic E-state index is 0.428. The van der Waals surface area contributed by atoms with Crippen LogP contribution < -0.4 is 0 Å². The number of nitrogens with zero attached hydrogens (tertiary/aromatic N) is 4. The predicted octanol–water partition coefficient (Wildman–Crippen LogP) is 2.63. The van der Waals surface area contributed by atoms with Crippen LogP contribution in [0.25, 0.3) is 0 Å². The minimum Gasteiger partial charge on any atom is -0.308 e. The lowest BCUT2D eigenvalue weighted by Crippen LogP contribution is -2.19. The molecule has 0 aromatic carbocycles. The van der Waals surface area contributed by atoms with Crippen LogP contribution in [-0.2, 0) is 6.54 Å². The number of nitriles is 1. The SMILES string of the molecule is CN(C)CCn1nc(C2CCCC2)c(C#N)c1Cl.